The van der Waals surface area contributed by atoms with Gasteiger partial charge in [-0.25, -0.2) is 9.78 Å². The minimum Gasteiger partial charge on any atom is -0.473 e. The summed E-state index contributed by atoms with van der Waals surface area (Å²) < 4.78 is 44.6. The lowest BCUT2D eigenvalue weighted by molar-refractivity contribution is -0.137. The molecule has 0 saturated carbocycles. The lowest BCUT2D eigenvalue weighted by atomic mass is 10.1. The Kier molecular flexibility index (Phi) is 5.26. The Labute approximate surface area is 170 Å². The molecular formula is C21H17F3N4O2. The summed E-state index contributed by atoms with van der Waals surface area (Å²) in [5.74, 6) is 0.381. The van der Waals surface area contributed by atoms with Crippen LogP contribution in [0.2, 0.25) is 0 Å². The fourth-order valence-corrected chi connectivity index (χ4v) is 3.13. The molecule has 6 nitrogen and oxygen atoms in total. The first-order valence-electron chi connectivity index (χ1n) is 9.16. The molecular weight excluding hydrogens is 397 g/mol. The minimum absolute atomic E-state index is 0.271. The predicted molar refractivity (Wildman–Crippen MR) is 104 cm³/mol. The van der Waals surface area contributed by atoms with Gasteiger partial charge in [-0.3, -0.25) is 9.88 Å². The van der Waals surface area contributed by atoms with Crippen LogP contribution >= 0.6 is 0 Å². The third-order valence-electron chi connectivity index (χ3n) is 4.68. The average molecular weight is 414 g/mol. The van der Waals surface area contributed by atoms with Crippen LogP contribution in [0.15, 0.2) is 61.1 Å². The van der Waals surface area contributed by atoms with Crippen LogP contribution < -0.4 is 15.0 Å². The van der Waals surface area contributed by atoms with Gasteiger partial charge in [0, 0.05) is 30.7 Å². The lowest BCUT2D eigenvalue weighted by Crippen LogP contribution is -2.33. The van der Waals surface area contributed by atoms with E-state index in [0.29, 0.717) is 36.7 Å². The molecule has 0 radical (unpaired) electrons. The number of ether oxygens (including phenoxy) is 1. The van der Waals surface area contributed by atoms with Crippen LogP contribution in [0.5, 0.6) is 5.88 Å². The molecule has 0 spiro atoms. The number of carbonyl (C=O) groups excluding carboxylic acids is 1. The standard InChI is InChI=1S/C21H17F3N4O2/c22-21(23,24)16-2-1-15-7-10-28(18(15)11-16)20(29)27-17-3-4-19(26-12-17)30-13-14-5-8-25-9-6-14/h1-6,8-9,11-12H,7,10,13H2,(H,27,29). The van der Waals surface area contributed by atoms with Crippen molar-refractivity contribution in [3.63, 3.8) is 0 Å². The van der Waals surface area contributed by atoms with Gasteiger partial charge in [-0.2, -0.15) is 13.2 Å². The van der Waals surface area contributed by atoms with Crippen molar-refractivity contribution in [1.29, 1.82) is 0 Å². The van der Waals surface area contributed by atoms with E-state index >= 15 is 0 Å². The van der Waals surface area contributed by atoms with Gasteiger partial charge in [0.15, 0.2) is 0 Å². The number of pyridine rings is 2. The third-order valence-corrected chi connectivity index (χ3v) is 4.68. The van der Waals surface area contributed by atoms with E-state index in [-0.39, 0.29) is 5.69 Å². The number of fused-ring (bicyclic) bond motifs is 1. The van der Waals surface area contributed by atoms with Crippen LogP contribution in [0.1, 0.15) is 16.7 Å². The second-order valence-electron chi connectivity index (χ2n) is 6.70. The molecule has 3 aromatic rings. The van der Waals surface area contributed by atoms with Gasteiger partial charge in [-0.15, -0.1) is 0 Å². The zero-order valence-electron chi connectivity index (χ0n) is 15.7. The van der Waals surface area contributed by atoms with Gasteiger partial charge in [0.05, 0.1) is 17.4 Å². The monoisotopic (exact) mass is 414 g/mol. The van der Waals surface area contributed by atoms with E-state index in [2.05, 4.69) is 15.3 Å². The molecule has 1 aromatic carbocycles. The molecule has 0 aliphatic carbocycles. The average Bonchev–Trinajstić information content (AvgIpc) is 3.17. The lowest BCUT2D eigenvalue weighted by Gasteiger charge is -2.19. The molecule has 0 bridgehead atoms. The van der Waals surface area contributed by atoms with Crippen LogP contribution in [0, 0.1) is 0 Å². The number of urea groups is 1. The number of hydrogen-bond donors (Lipinski definition) is 1. The molecule has 1 N–H and O–H groups in total. The number of rotatable bonds is 4. The number of amides is 2. The van der Waals surface area contributed by atoms with Crippen molar-refractivity contribution >= 4 is 17.4 Å². The molecule has 154 valence electrons. The van der Waals surface area contributed by atoms with Gasteiger partial charge in [0.25, 0.3) is 0 Å². The predicted octanol–water partition coefficient (Wildman–Crippen LogP) is 4.67. The number of alkyl halides is 3. The Morgan fingerprint density at radius 3 is 2.63 bits per heavy atom. The van der Waals surface area contributed by atoms with Crippen molar-refractivity contribution in [1.82, 2.24) is 9.97 Å². The molecule has 1 aliphatic heterocycles. The van der Waals surface area contributed by atoms with Crippen LogP contribution in [0.25, 0.3) is 0 Å². The number of hydrogen-bond acceptors (Lipinski definition) is 4. The van der Waals surface area contributed by atoms with Crippen LogP contribution in [-0.2, 0) is 19.2 Å². The first-order chi connectivity index (χ1) is 14.4. The molecule has 30 heavy (non-hydrogen) atoms. The second kappa shape index (κ2) is 8.02. The summed E-state index contributed by atoms with van der Waals surface area (Å²) in [7, 11) is 0. The summed E-state index contributed by atoms with van der Waals surface area (Å²) in [5.41, 5.74) is 1.55. The zero-order valence-corrected chi connectivity index (χ0v) is 15.7. The fraction of sp³-hybridized carbons (Fsp3) is 0.190. The fourth-order valence-electron chi connectivity index (χ4n) is 3.13. The van der Waals surface area contributed by atoms with Crippen molar-refractivity contribution in [2.24, 2.45) is 0 Å². The quantitative estimate of drug-likeness (QED) is 0.674. The van der Waals surface area contributed by atoms with Gasteiger partial charge in [0.2, 0.25) is 5.88 Å². The molecule has 9 heteroatoms. The number of halogens is 3. The summed E-state index contributed by atoms with van der Waals surface area (Å²) in [6.45, 7) is 0.635. The van der Waals surface area contributed by atoms with Crippen LogP contribution in [0.4, 0.5) is 29.3 Å². The molecule has 0 fully saturated rings. The number of carbonyl (C=O) groups is 1. The molecule has 3 heterocycles. The van der Waals surface area contributed by atoms with E-state index in [1.807, 2.05) is 12.1 Å². The number of nitrogens with zero attached hydrogens (tertiary/aromatic N) is 3. The van der Waals surface area contributed by atoms with Gasteiger partial charge < -0.3 is 10.1 Å². The number of anilines is 2. The summed E-state index contributed by atoms with van der Waals surface area (Å²) in [5, 5.41) is 2.66. The topological polar surface area (TPSA) is 67.3 Å². The molecule has 1 aliphatic rings. The molecule has 2 amide bonds. The van der Waals surface area contributed by atoms with E-state index in [1.54, 1.807) is 24.5 Å². The number of benzene rings is 1. The van der Waals surface area contributed by atoms with Crippen molar-refractivity contribution in [2.45, 2.75) is 19.2 Å². The molecule has 4 rings (SSSR count). The van der Waals surface area contributed by atoms with E-state index in [0.717, 1.165) is 17.7 Å². The SMILES string of the molecule is O=C(Nc1ccc(OCc2ccncc2)nc1)N1CCc2ccc(C(F)(F)F)cc21. The van der Waals surface area contributed by atoms with Crippen molar-refractivity contribution in [3.8, 4) is 5.88 Å². The maximum atomic E-state index is 13.0. The Balaban J connectivity index is 1.40. The first-order valence-corrected chi connectivity index (χ1v) is 9.16. The molecule has 0 saturated heterocycles. The number of aromatic nitrogens is 2. The number of nitrogens with one attached hydrogen (secondary N) is 1. The van der Waals surface area contributed by atoms with E-state index in [1.165, 1.54) is 17.2 Å². The van der Waals surface area contributed by atoms with Crippen LogP contribution in [-0.4, -0.2) is 22.5 Å². The maximum Gasteiger partial charge on any atom is 0.416 e. The molecule has 2 aromatic heterocycles. The highest BCUT2D eigenvalue weighted by Crippen LogP contribution is 2.36. The highest BCUT2D eigenvalue weighted by Gasteiger charge is 2.33. The van der Waals surface area contributed by atoms with Gasteiger partial charge in [-0.05, 0) is 47.9 Å². The Morgan fingerprint density at radius 1 is 1.13 bits per heavy atom. The Morgan fingerprint density at radius 2 is 1.93 bits per heavy atom. The van der Waals surface area contributed by atoms with Crippen LogP contribution in [0.3, 0.4) is 0 Å². The van der Waals surface area contributed by atoms with Crippen molar-refractivity contribution in [2.75, 3.05) is 16.8 Å². The van der Waals surface area contributed by atoms with Gasteiger partial charge in [-0.1, -0.05) is 6.07 Å². The smallest absolute Gasteiger partial charge is 0.416 e. The van der Waals surface area contributed by atoms with E-state index in [9.17, 15) is 18.0 Å². The summed E-state index contributed by atoms with van der Waals surface area (Å²) >= 11 is 0. The van der Waals surface area contributed by atoms with Gasteiger partial charge in [0.1, 0.15) is 6.61 Å². The Bertz CT molecular complexity index is 1040. The van der Waals surface area contributed by atoms with E-state index in [4.69, 9.17) is 4.74 Å². The van der Waals surface area contributed by atoms with Gasteiger partial charge >= 0.3 is 12.2 Å². The normalized spacial score (nSPS) is 13.1. The summed E-state index contributed by atoms with van der Waals surface area (Å²) in [6, 6.07) is 9.83. The maximum absolute atomic E-state index is 13.0. The largest absolute Gasteiger partial charge is 0.473 e. The van der Waals surface area contributed by atoms with Crippen molar-refractivity contribution < 1.29 is 22.7 Å². The van der Waals surface area contributed by atoms with Crippen molar-refractivity contribution in [3.05, 3.63) is 77.7 Å². The Hall–Kier alpha value is -3.62. The summed E-state index contributed by atoms with van der Waals surface area (Å²) in [6.07, 6.45) is 0.803. The van der Waals surface area contributed by atoms with E-state index < -0.39 is 17.8 Å². The third kappa shape index (κ3) is 4.35. The second-order valence-corrected chi connectivity index (χ2v) is 6.70. The first kappa shape index (κ1) is 19.7. The highest BCUT2D eigenvalue weighted by atomic mass is 19.4. The molecule has 0 atom stereocenters. The molecule has 0 unspecified atom stereocenters. The summed E-state index contributed by atoms with van der Waals surface area (Å²) in [4.78, 5) is 22.0. The highest BCUT2D eigenvalue weighted by molar-refractivity contribution is 6.03. The minimum atomic E-state index is -4.46. The zero-order chi connectivity index (χ0) is 21.1.